The zero-order valence-electron chi connectivity index (χ0n) is 11.3. The fourth-order valence-electron chi connectivity index (χ4n) is 1.40. The Morgan fingerprint density at radius 3 is 1.74 bits per heavy atom. The molecule has 0 bridgehead atoms. The highest BCUT2D eigenvalue weighted by Gasteiger charge is 2.38. The van der Waals surface area contributed by atoms with Gasteiger partial charge in [-0.25, -0.2) is 9.59 Å². The van der Waals surface area contributed by atoms with E-state index in [1.165, 1.54) is 18.2 Å². The van der Waals surface area contributed by atoms with Gasteiger partial charge in [0.1, 0.15) is 0 Å². The van der Waals surface area contributed by atoms with Crippen LogP contribution in [0.3, 0.4) is 0 Å². The van der Waals surface area contributed by atoms with Crippen LogP contribution in [0.2, 0.25) is 0 Å². The number of carboxylic acid groups (broad SMARTS) is 2. The molecule has 9 heteroatoms. The van der Waals surface area contributed by atoms with E-state index in [0.717, 1.165) is 11.1 Å². The third kappa shape index (κ3) is 5.65. The van der Waals surface area contributed by atoms with Crippen LogP contribution in [-0.2, 0) is 4.79 Å². The Balaban J connectivity index is 0.000000322. The van der Waals surface area contributed by atoms with Crippen molar-refractivity contribution in [3.63, 3.8) is 0 Å². The van der Waals surface area contributed by atoms with E-state index >= 15 is 0 Å². The third-order valence-corrected chi connectivity index (χ3v) is 2.49. The molecular formula is C14H10F3NO5. The van der Waals surface area contributed by atoms with Crippen molar-refractivity contribution in [1.29, 1.82) is 0 Å². The second-order valence-corrected chi connectivity index (χ2v) is 4.13. The lowest BCUT2D eigenvalue weighted by Gasteiger charge is -2.01. The van der Waals surface area contributed by atoms with Crippen molar-refractivity contribution in [2.24, 2.45) is 0 Å². The zero-order valence-corrected chi connectivity index (χ0v) is 11.3. The fraction of sp³-hybridized carbons (Fsp3) is 0.0714. The molecule has 2 rings (SSSR count). The van der Waals surface area contributed by atoms with Crippen molar-refractivity contribution in [2.45, 2.75) is 6.18 Å². The molecule has 0 spiro atoms. The largest absolute Gasteiger partial charge is 0.490 e. The predicted octanol–water partition coefficient (Wildman–Crippen LogP) is 2.37. The molecule has 0 saturated heterocycles. The van der Waals surface area contributed by atoms with Crippen LogP contribution >= 0.6 is 0 Å². The Bertz CT molecular complexity index is 730. The van der Waals surface area contributed by atoms with Crippen molar-refractivity contribution >= 4 is 11.9 Å². The lowest BCUT2D eigenvalue weighted by Crippen LogP contribution is -2.21. The number of halogens is 3. The standard InChI is InChI=1S/C12H9NO3.C2HF3O2/c14-11-6-5-10(7-13-11)8-1-3-9(4-2-8)12(15)16;3-2(4,5)1(6)7/h1-7H,(H,13,14)(H,15,16);(H,6,7). The van der Waals surface area contributed by atoms with Crippen molar-refractivity contribution in [3.05, 3.63) is 58.5 Å². The number of H-pyrrole nitrogens is 1. The van der Waals surface area contributed by atoms with Crippen molar-refractivity contribution in [2.75, 3.05) is 0 Å². The minimum Gasteiger partial charge on any atom is -0.478 e. The molecule has 0 atom stereocenters. The first kappa shape index (κ1) is 18.0. The Labute approximate surface area is 126 Å². The van der Waals surface area contributed by atoms with Gasteiger partial charge in [0.05, 0.1) is 5.56 Å². The summed E-state index contributed by atoms with van der Waals surface area (Å²) in [5, 5.41) is 15.9. The number of aromatic nitrogens is 1. The summed E-state index contributed by atoms with van der Waals surface area (Å²) in [6, 6.07) is 9.59. The number of aromatic amines is 1. The predicted molar refractivity (Wildman–Crippen MR) is 73.1 cm³/mol. The van der Waals surface area contributed by atoms with Gasteiger partial charge in [-0.05, 0) is 29.3 Å². The number of alkyl halides is 3. The van der Waals surface area contributed by atoms with E-state index in [2.05, 4.69) is 4.98 Å². The van der Waals surface area contributed by atoms with E-state index in [-0.39, 0.29) is 11.1 Å². The molecule has 122 valence electrons. The van der Waals surface area contributed by atoms with Gasteiger partial charge in [0, 0.05) is 12.3 Å². The number of nitrogens with one attached hydrogen (secondary N) is 1. The summed E-state index contributed by atoms with van der Waals surface area (Å²) in [5.41, 5.74) is 1.79. The first-order valence-electron chi connectivity index (χ1n) is 5.94. The van der Waals surface area contributed by atoms with Crippen LogP contribution < -0.4 is 5.56 Å². The zero-order chi connectivity index (χ0) is 17.6. The molecule has 0 aliphatic heterocycles. The van der Waals surface area contributed by atoms with Crippen molar-refractivity contribution < 1.29 is 33.0 Å². The molecule has 0 aliphatic rings. The summed E-state index contributed by atoms with van der Waals surface area (Å²) in [7, 11) is 0. The number of carbonyl (C=O) groups is 2. The van der Waals surface area contributed by atoms with E-state index in [1.54, 1.807) is 24.4 Å². The van der Waals surface area contributed by atoms with E-state index in [1.807, 2.05) is 0 Å². The monoisotopic (exact) mass is 329 g/mol. The van der Waals surface area contributed by atoms with Crippen LogP contribution in [0.1, 0.15) is 10.4 Å². The van der Waals surface area contributed by atoms with E-state index in [0.29, 0.717) is 0 Å². The number of aliphatic carboxylic acids is 1. The average molecular weight is 329 g/mol. The normalized spacial score (nSPS) is 10.4. The lowest BCUT2D eigenvalue weighted by atomic mass is 10.1. The van der Waals surface area contributed by atoms with Gasteiger partial charge in [0.15, 0.2) is 0 Å². The van der Waals surface area contributed by atoms with Crippen LogP contribution in [0.15, 0.2) is 47.4 Å². The highest BCUT2D eigenvalue weighted by molar-refractivity contribution is 5.88. The first-order chi connectivity index (χ1) is 10.6. The molecule has 1 aromatic carbocycles. The minimum atomic E-state index is -5.08. The Morgan fingerprint density at radius 1 is 0.913 bits per heavy atom. The second kappa shape index (κ2) is 7.25. The number of pyridine rings is 1. The molecule has 1 heterocycles. The molecule has 0 fully saturated rings. The lowest BCUT2D eigenvalue weighted by molar-refractivity contribution is -0.192. The highest BCUT2D eigenvalue weighted by atomic mass is 19.4. The fourth-order valence-corrected chi connectivity index (χ4v) is 1.40. The summed E-state index contributed by atoms with van der Waals surface area (Å²) < 4.78 is 31.7. The number of hydrogen-bond acceptors (Lipinski definition) is 3. The average Bonchev–Trinajstić information content (AvgIpc) is 2.48. The summed E-state index contributed by atoms with van der Waals surface area (Å²) in [6.45, 7) is 0. The van der Waals surface area contributed by atoms with Gasteiger partial charge in [-0.15, -0.1) is 0 Å². The summed E-state index contributed by atoms with van der Waals surface area (Å²) >= 11 is 0. The minimum absolute atomic E-state index is 0.161. The highest BCUT2D eigenvalue weighted by Crippen LogP contribution is 2.17. The number of aromatic carboxylic acids is 1. The molecular weight excluding hydrogens is 319 g/mol. The van der Waals surface area contributed by atoms with Crippen molar-refractivity contribution in [3.8, 4) is 11.1 Å². The number of hydrogen-bond donors (Lipinski definition) is 3. The molecule has 0 amide bonds. The van der Waals surface area contributed by atoms with Gasteiger partial charge < -0.3 is 15.2 Å². The molecule has 0 aliphatic carbocycles. The number of rotatable bonds is 2. The van der Waals surface area contributed by atoms with E-state index in [4.69, 9.17) is 15.0 Å². The van der Waals surface area contributed by atoms with Gasteiger partial charge >= 0.3 is 18.1 Å². The van der Waals surface area contributed by atoms with Crippen molar-refractivity contribution in [1.82, 2.24) is 4.98 Å². The number of benzene rings is 1. The van der Waals surface area contributed by atoms with Crippen LogP contribution in [-0.4, -0.2) is 33.3 Å². The maximum Gasteiger partial charge on any atom is 0.490 e. The number of carboxylic acids is 2. The molecule has 0 saturated carbocycles. The summed E-state index contributed by atoms with van der Waals surface area (Å²) in [6.07, 6.45) is -3.49. The molecule has 0 radical (unpaired) electrons. The van der Waals surface area contributed by atoms with Gasteiger partial charge in [0.2, 0.25) is 5.56 Å². The van der Waals surface area contributed by atoms with Crippen LogP contribution in [0.4, 0.5) is 13.2 Å². The third-order valence-electron chi connectivity index (χ3n) is 2.49. The van der Waals surface area contributed by atoms with Gasteiger partial charge in [-0.3, -0.25) is 4.79 Å². The molecule has 23 heavy (non-hydrogen) atoms. The quantitative estimate of drug-likeness (QED) is 0.784. The Hall–Kier alpha value is -3.10. The SMILES string of the molecule is O=C(O)C(F)(F)F.O=C(O)c1ccc(-c2ccc(=O)[nH]c2)cc1. The van der Waals surface area contributed by atoms with Gasteiger partial charge in [0.25, 0.3) is 0 Å². The van der Waals surface area contributed by atoms with Gasteiger partial charge in [-0.2, -0.15) is 13.2 Å². The maximum atomic E-state index is 10.9. The van der Waals surface area contributed by atoms with E-state index in [9.17, 15) is 22.8 Å². The topological polar surface area (TPSA) is 107 Å². The smallest absolute Gasteiger partial charge is 0.478 e. The van der Waals surface area contributed by atoms with E-state index < -0.39 is 18.1 Å². The molecule has 0 unspecified atom stereocenters. The second-order valence-electron chi connectivity index (χ2n) is 4.13. The molecule has 6 nitrogen and oxygen atoms in total. The van der Waals surface area contributed by atoms with Gasteiger partial charge in [-0.1, -0.05) is 12.1 Å². The Morgan fingerprint density at radius 2 is 1.39 bits per heavy atom. The van der Waals surface area contributed by atoms with Crippen LogP contribution in [0.5, 0.6) is 0 Å². The maximum absolute atomic E-state index is 10.9. The van der Waals surface area contributed by atoms with Crippen LogP contribution in [0, 0.1) is 0 Å². The molecule has 3 N–H and O–H groups in total. The molecule has 2 aromatic rings. The summed E-state index contributed by atoms with van der Waals surface area (Å²) in [4.78, 5) is 33.0. The molecule has 1 aromatic heterocycles. The Kier molecular flexibility index (Phi) is 5.66. The first-order valence-corrected chi connectivity index (χ1v) is 5.94. The van der Waals surface area contributed by atoms with Crippen LogP contribution in [0.25, 0.3) is 11.1 Å². The summed E-state index contributed by atoms with van der Waals surface area (Å²) in [5.74, 6) is -3.71.